The highest BCUT2D eigenvalue weighted by Crippen LogP contribution is 2.38. The normalized spacial score (nSPS) is 11.7. The molecular weight excluding hydrogens is 460 g/mol. The molecular formula is C23H22N4O2S3. The lowest BCUT2D eigenvalue weighted by atomic mass is 10.1. The van der Waals surface area contributed by atoms with E-state index in [0.717, 1.165) is 28.0 Å². The van der Waals surface area contributed by atoms with E-state index >= 15 is 0 Å². The van der Waals surface area contributed by atoms with E-state index in [1.165, 1.54) is 28.0 Å². The second kappa shape index (κ2) is 11.1. The summed E-state index contributed by atoms with van der Waals surface area (Å²) in [5, 5.41) is 17.2. The summed E-state index contributed by atoms with van der Waals surface area (Å²) in [7, 11) is 1.60. The van der Waals surface area contributed by atoms with Gasteiger partial charge in [0.15, 0.2) is 4.34 Å². The number of amides is 1. The lowest BCUT2D eigenvalue weighted by molar-refractivity contribution is -0.115. The van der Waals surface area contributed by atoms with Crippen LogP contribution in [0, 0.1) is 0 Å². The summed E-state index contributed by atoms with van der Waals surface area (Å²) in [4.78, 5) is 14.5. The smallest absolute Gasteiger partial charge is 0.242 e. The minimum Gasteiger partial charge on any atom is -0.497 e. The van der Waals surface area contributed by atoms with Crippen molar-refractivity contribution in [1.82, 2.24) is 10.2 Å². The van der Waals surface area contributed by atoms with Crippen LogP contribution in [-0.4, -0.2) is 29.8 Å². The topological polar surface area (TPSA) is 76.1 Å². The van der Waals surface area contributed by atoms with Gasteiger partial charge in [-0.1, -0.05) is 65.6 Å². The number of carbonyl (C=O) groups is 1. The number of thiophene rings is 1. The Balaban J connectivity index is 1.44. The Morgan fingerprint density at radius 3 is 2.75 bits per heavy atom. The molecule has 6 nitrogen and oxygen atoms in total. The fourth-order valence-corrected chi connectivity index (χ4v) is 5.67. The summed E-state index contributed by atoms with van der Waals surface area (Å²) < 4.78 is 5.99. The Labute approximate surface area is 199 Å². The molecule has 0 radical (unpaired) electrons. The van der Waals surface area contributed by atoms with Crippen molar-refractivity contribution in [3.8, 4) is 5.75 Å². The van der Waals surface area contributed by atoms with Gasteiger partial charge >= 0.3 is 0 Å². The number of carbonyl (C=O) groups excluding carboxylic acids is 1. The molecule has 2 aromatic carbocycles. The molecule has 9 heteroatoms. The quantitative estimate of drug-likeness (QED) is 0.281. The van der Waals surface area contributed by atoms with Crippen LogP contribution < -0.4 is 15.4 Å². The van der Waals surface area contributed by atoms with Crippen LogP contribution in [0.4, 0.5) is 10.8 Å². The number of thioether (sulfide) groups is 1. The van der Waals surface area contributed by atoms with Crippen LogP contribution >= 0.6 is 34.4 Å². The van der Waals surface area contributed by atoms with Crippen LogP contribution in [0.3, 0.4) is 0 Å². The molecule has 2 N–H and O–H groups in total. The summed E-state index contributed by atoms with van der Waals surface area (Å²) in [6, 6.07) is 21.2. The van der Waals surface area contributed by atoms with E-state index in [1.807, 2.05) is 48.5 Å². The van der Waals surface area contributed by atoms with Crippen molar-refractivity contribution in [2.45, 2.75) is 16.0 Å². The highest BCUT2D eigenvalue weighted by molar-refractivity contribution is 8.02. The molecule has 4 aromatic rings. The van der Waals surface area contributed by atoms with Gasteiger partial charge in [0, 0.05) is 23.2 Å². The Hall–Kier alpha value is -2.88. The van der Waals surface area contributed by atoms with Crippen molar-refractivity contribution in [2.75, 3.05) is 24.3 Å². The van der Waals surface area contributed by atoms with E-state index in [9.17, 15) is 4.79 Å². The highest BCUT2D eigenvalue weighted by Gasteiger charge is 2.24. The SMILES string of the molecule is COc1cccc(NC(=O)C(Sc2nnc(NCCc3cccs3)s2)c2ccccc2)c1. The molecule has 2 heterocycles. The lowest BCUT2D eigenvalue weighted by Crippen LogP contribution is -2.19. The molecule has 164 valence electrons. The van der Waals surface area contributed by atoms with Crippen molar-refractivity contribution >= 4 is 51.2 Å². The summed E-state index contributed by atoms with van der Waals surface area (Å²) in [5.41, 5.74) is 1.59. The number of ether oxygens (including phenoxy) is 1. The maximum atomic E-state index is 13.2. The zero-order valence-electron chi connectivity index (χ0n) is 17.4. The second-order valence-electron chi connectivity index (χ2n) is 6.76. The summed E-state index contributed by atoms with van der Waals surface area (Å²) in [6.45, 7) is 0.790. The van der Waals surface area contributed by atoms with E-state index in [0.29, 0.717) is 11.4 Å². The molecule has 0 aliphatic rings. The molecule has 0 saturated heterocycles. The van der Waals surface area contributed by atoms with E-state index in [2.05, 4.69) is 38.3 Å². The Morgan fingerprint density at radius 2 is 1.97 bits per heavy atom. The third-order valence-corrected chi connectivity index (χ3v) is 7.69. The van der Waals surface area contributed by atoms with Gasteiger partial charge in [-0.2, -0.15) is 0 Å². The number of methoxy groups -OCH3 is 1. The Bertz CT molecular complexity index is 1130. The zero-order valence-corrected chi connectivity index (χ0v) is 19.8. The van der Waals surface area contributed by atoms with Crippen molar-refractivity contribution < 1.29 is 9.53 Å². The lowest BCUT2D eigenvalue weighted by Gasteiger charge is -2.16. The molecule has 0 spiro atoms. The maximum Gasteiger partial charge on any atom is 0.242 e. The molecule has 0 aliphatic carbocycles. The number of hydrogen-bond donors (Lipinski definition) is 2. The largest absolute Gasteiger partial charge is 0.497 e. The molecule has 32 heavy (non-hydrogen) atoms. The predicted molar refractivity (Wildman–Crippen MR) is 133 cm³/mol. The zero-order chi connectivity index (χ0) is 22.2. The minimum absolute atomic E-state index is 0.128. The Kier molecular flexibility index (Phi) is 7.76. The number of hydrogen-bond acceptors (Lipinski definition) is 8. The van der Waals surface area contributed by atoms with Crippen LogP contribution in [0.1, 0.15) is 15.7 Å². The highest BCUT2D eigenvalue weighted by atomic mass is 32.2. The molecule has 2 aromatic heterocycles. The van der Waals surface area contributed by atoms with Gasteiger partial charge in [-0.3, -0.25) is 4.79 Å². The number of nitrogens with zero attached hydrogens (tertiary/aromatic N) is 2. The molecule has 4 rings (SSSR count). The third-order valence-electron chi connectivity index (χ3n) is 4.53. The molecule has 0 aliphatic heterocycles. The minimum atomic E-state index is -0.464. The van der Waals surface area contributed by atoms with Gasteiger partial charge < -0.3 is 15.4 Å². The van der Waals surface area contributed by atoms with Crippen molar-refractivity contribution in [2.24, 2.45) is 0 Å². The van der Waals surface area contributed by atoms with Crippen molar-refractivity contribution in [1.29, 1.82) is 0 Å². The summed E-state index contributed by atoms with van der Waals surface area (Å²) in [5.74, 6) is 0.561. The van der Waals surface area contributed by atoms with Crippen LogP contribution in [0.15, 0.2) is 76.4 Å². The average molecular weight is 483 g/mol. The van der Waals surface area contributed by atoms with Gasteiger partial charge in [0.25, 0.3) is 0 Å². The second-order valence-corrected chi connectivity index (χ2v) is 10.1. The molecule has 0 saturated carbocycles. The van der Waals surface area contributed by atoms with Crippen LogP contribution in [0.2, 0.25) is 0 Å². The van der Waals surface area contributed by atoms with Crippen molar-refractivity contribution in [3.05, 3.63) is 82.6 Å². The fraction of sp³-hybridized carbons (Fsp3) is 0.174. The fourth-order valence-electron chi connectivity index (χ4n) is 2.99. The first kappa shape index (κ1) is 22.3. The van der Waals surface area contributed by atoms with Gasteiger partial charge in [-0.15, -0.1) is 21.5 Å². The number of benzene rings is 2. The molecule has 1 amide bonds. The summed E-state index contributed by atoms with van der Waals surface area (Å²) >= 11 is 4.60. The van der Waals surface area contributed by atoms with Gasteiger partial charge in [0.05, 0.1) is 7.11 Å². The van der Waals surface area contributed by atoms with E-state index in [-0.39, 0.29) is 5.91 Å². The maximum absolute atomic E-state index is 13.2. The first-order valence-corrected chi connectivity index (χ1v) is 12.5. The number of rotatable bonds is 10. The first-order valence-electron chi connectivity index (χ1n) is 9.97. The van der Waals surface area contributed by atoms with E-state index in [4.69, 9.17) is 4.74 Å². The van der Waals surface area contributed by atoms with Crippen molar-refractivity contribution in [3.63, 3.8) is 0 Å². The number of aromatic nitrogens is 2. The monoisotopic (exact) mass is 482 g/mol. The molecule has 0 bridgehead atoms. The van der Waals surface area contributed by atoms with Gasteiger partial charge in [-0.25, -0.2) is 0 Å². The van der Waals surface area contributed by atoms with Gasteiger partial charge in [0.2, 0.25) is 11.0 Å². The molecule has 1 atom stereocenters. The van der Waals surface area contributed by atoms with E-state index in [1.54, 1.807) is 24.5 Å². The van der Waals surface area contributed by atoms with Crippen LogP contribution in [0.5, 0.6) is 5.75 Å². The third kappa shape index (κ3) is 6.09. The van der Waals surface area contributed by atoms with Gasteiger partial charge in [-0.05, 0) is 35.6 Å². The number of nitrogens with one attached hydrogen (secondary N) is 2. The average Bonchev–Trinajstić information content (AvgIpc) is 3.50. The van der Waals surface area contributed by atoms with E-state index < -0.39 is 5.25 Å². The Morgan fingerprint density at radius 1 is 1.09 bits per heavy atom. The molecule has 0 fully saturated rings. The van der Waals surface area contributed by atoms with Gasteiger partial charge in [0.1, 0.15) is 11.0 Å². The number of anilines is 2. The molecule has 1 unspecified atom stereocenters. The van der Waals surface area contributed by atoms with Crippen LogP contribution in [0.25, 0.3) is 0 Å². The predicted octanol–water partition coefficient (Wildman–Crippen LogP) is 5.73. The standard InChI is InChI=1S/C23H22N4O2S3/c1-29-18-10-5-9-17(15-18)25-21(28)20(16-7-3-2-4-8-16)31-23-27-26-22(32-23)24-13-12-19-11-6-14-30-19/h2-11,14-15,20H,12-13H2,1H3,(H,24,26)(H,25,28). The first-order chi connectivity index (χ1) is 15.7. The summed E-state index contributed by atoms with van der Waals surface area (Å²) in [6.07, 6.45) is 0.940. The van der Waals surface area contributed by atoms with Crippen LogP contribution in [-0.2, 0) is 11.2 Å².